The molecule has 0 aromatic heterocycles. The summed E-state index contributed by atoms with van der Waals surface area (Å²) in [5.41, 5.74) is 2.19. The van der Waals surface area contributed by atoms with Crippen LogP contribution in [0.4, 0.5) is 4.39 Å². The molecule has 2 aromatic rings. The molecule has 21 heavy (non-hydrogen) atoms. The van der Waals surface area contributed by atoms with Gasteiger partial charge in [-0.25, -0.2) is 17.9 Å². The van der Waals surface area contributed by atoms with E-state index in [2.05, 4.69) is 0 Å². The molecule has 0 heterocycles. The lowest BCUT2D eigenvalue weighted by Gasteiger charge is -2.13. The third-order valence-electron chi connectivity index (χ3n) is 3.06. The molecule has 0 saturated carbocycles. The first kappa shape index (κ1) is 15.5. The standard InChI is InChI=1S/C15H16FNO3S/c1-10-7-14(21(17,18)19)8-11(2)15(10)20-9-12-3-5-13(16)6-4-12/h3-8H,9H2,1-2H3,(H2,17,18,19). The van der Waals surface area contributed by atoms with E-state index in [0.717, 1.165) is 5.56 Å². The molecule has 0 fully saturated rings. The summed E-state index contributed by atoms with van der Waals surface area (Å²) >= 11 is 0. The number of ether oxygens (including phenoxy) is 1. The minimum Gasteiger partial charge on any atom is -0.488 e. The molecule has 0 aliphatic carbocycles. The van der Waals surface area contributed by atoms with Gasteiger partial charge in [-0.1, -0.05) is 12.1 Å². The zero-order valence-corrected chi connectivity index (χ0v) is 12.6. The SMILES string of the molecule is Cc1cc(S(N)(=O)=O)cc(C)c1OCc1ccc(F)cc1. The number of aryl methyl sites for hydroxylation is 2. The highest BCUT2D eigenvalue weighted by molar-refractivity contribution is 7.89. The van der Waals surface area contributed by atoms with E-state index >= 15 is 0 Å². The molecule has 2 N–H and O–H groups in total. The van der Waals surface area contributed by atoms with Gasteiger partial charge in [0.15, 0.2) is 0 Å². The van der Waals surface area contributed by atoms with Crippen LogP contribution in [0.5, 0.6) is 5.75 Å². The number of halogens is 1. The molecule has 0 aliphatic heterocycles. The largest absolute Gasteiger partial charge is 0.488 e. The van der Waals surface area contributed by atoms with Crippen LogP contribution in [0.15, 0.2) is 41.3 Å². The molecule has 2 aromatic carbocycles. The van der Waals surface area contributed by atoms with E-state index in [9.17, 15) is 12.8 Å². The summed E-state index contributed by atoms with van der Waals surface area (Å²) < 4.78 is 41.3. The molecule has 0 bridgehead atoms. The van der Waals surface area contributed by atoms with Crippen molar-refractivity contribution in [1.82, 2.24) is 0 Å². The predicted octanol–water partition coefficient (Wildman–Crippen LogP) is 2.67. The third-order valence-corrected chi connectivity index (χ3v) is 3.95. The van der Waals surface area contributed by atoms with Crippen LogP contribution in [0.1, 0.15) is 16.7 Å². The van der Waals surface area contributed by atoms with Gasteiger partial charge in [0.1, 0.15) is 18.2 Å². The van der Waals surface area contributed by atoms with E-state index in [1.54, 1.807) is 26.0 Å². The number of hydrogen-bond acceptors (Lipinski definition) is 3. The zero-order valence-electron chi connectivity index (χ0n) is 11.8. The van der Waals surface area contributed by atoms with Crippen LogP contribution in [0.3, 0.4) is 0 Å². The van der Waals surface area contributed by atoms with E-state index in [4.69, 9.17) is 9.88 Å². The molecule has 4 nitrogen and oxygen atoms in total. The van der Waals surface area contributed by atoms with Crippen LogP contribution in [-0.2, 0) is 16.6 Å². The summed E-state index contributed by atoms with van der Waals surface area (Å²) in [4.78, 5) is 0.0617. The lowest BCUT2D eigenvalue weighted by atomic mass is 10.1. The Labute approximate surface area is 123 Å². The minimum atomic E-state index is -3.73. The van der Waals surface area contributed by atoms with Crippen LogP contribution < -0.4 is 9.88 Å². The molecule has 0 atom stereocenters. The van der Waals surface area contributed by atoms with Crippen LogP contribution >= 0.6 is 0 Å². The maximum atomic E-state index is 12.8. The van der Waals surface area contributed by atoms with Gasteiger partial charge in [0.2, 0.25) is 10.0 Å². The number of nitrogens with two attached hydrogens (primary N) is 1. The van der Waals surface area contributed by atoms with Crippen molar-refractivity contribution in [3.8, 4) is 5.75 Å². The first-order valence-electron chi connectivity index (χ1n) is 6.28. The molecule has 0 amide bonds. The van der Waals surface area contributed by atoms with Gasteiger partial charge in [0.05, 0.1) is 4.90 Å². The maximum Gasteiger partial charge on any atom is 0.238 e. The highest BCUT2D eigenvalue weighted by atomic mass is 32.2. The van der Waals surface area contributed by atoms with Crippen molar-refractivity contribution < 1.29 is 17.5 Å². The minimum absolute atomic E-state index is 0.0617. The summed E-state index contributed by atoms with van der Waals surface area (Å²) in [6, 6.07) is 8.95. The van der Waals surface area contributed by atoms with Gasteiger partial charge in [-0.05, 0) is 54.8 Å². The third kappa shape index (κ3) is 3.80. The second kappa shape index (κ2) is 5.83. The number of benzene rings is 2. The van der Waals surface area contributed by atoms with E-state index in [1.807, 2.05) is 0 Å². The number of sulfonamides is 1. The van der Waals surface area contributed by atoms with Crippen LogP contribution in [0.2, 0.25) is 0 Å². The van der Waals surface area contributed by atoms with Crippen LogP contribution in [-0.4, -0.2) is 8.42 Å². The Balaban J connectivity index is 2.23. The first-order valence-corrected chi connectivity index (χ1v) is 7.83. The van der Waals surface area contributed by atoms with Gasteiger partial charge in [-0.15, -0.1) is 0 Å². The second-order valence-corrected chi connectivity index (χ2v) is 6.41. The normalized spacial score (nSPS) is 11.4. The van der Waals surface area contributed by atoms with Gasteiger partial charge in [-0.2, -0.15) is 0 Å². The van der Waals surface area contributed by atoms with Crippen molar-refractivity contribution in [3.63, 3.8) is 0 Å². The number of primary sulfonamides is 1. The Hall–Kier alpha value is -1.92. The van der Waals surface area contributed by atoms with Gasteiger partial charge in [0.25, 0.3) is 0 Å². The first-order chi connectivity index (χ1) is 9.77. The Morgan fingerprint density at radius 3 is 2.10 bits per heavy atom. The molecular weight excluding hydrogens is 293 g/mol. The monoisotopic (exact) mass is 309 g/mol. The summed E-state index contributed by atoms with van der Waals surface area (Å²) in [5.74, 6) is 0.301. The lowest BCUT2D eigenvalue weighted by molar-refractivity contribution is 0.301. The van der Waals surface area contributed by atoms with Gasteiger partial charge in [-0.3, -0.25) is 0 Å². The van der Waals surface area contributed by atoms with E-state index in [-0.39, 0.29) is 17.3 Å². The van der Waals surface area contributed by atoms with Gasteiger partial charge < -0.3 is 4.74 Å². The van der Waals surface area contributed by atoms with Crippen molar-refractivity contribution in [1.29, 1.82) is 0 Å². The topological polar surface area (TPSA) is 69.4 Å². The lowest BCUT2D eigenvalue weighted by Crippen LogP contribution is -2.13. The van der Waals surface area contributed by atoms with Gasteiger partial charge >= 0.3 is 0 Å². The summed E-state index contributed by atoms with van der Waals surface area (Å²) in [7, 11) is -3.73. The molecule has 0 aliphatic rings. The Kier molecular flexibility index (Phi) is 4.29. The van der Waals surface area contributed by atoms with Crippen molar-refractivity contribution in [2.24, 2.45) is 5.14 Å². The maximum absolute atomic E-state index is 12.8. The van der Waals surface area contributed by atoms with E-state index < -0.39 is 10.0 Å². The van der Waals surface area contributed by atoms with Gasteiger partial charge in [0, 0.05) is 0 Å². The van der Waals surface area contributed by atoms with E-state index in [0.29, 0.717) is 16.9 Å². The molecule has 0 unspecified atom stereocenters. The molecule has 6 heteroatoms. The number of hydrogen-bond donors (Lipinski definition) is 1. The molecule has 0 saturated heterocycles. The van der Waals surface area contributed by atoms with Crippen molar-refractivity contribution in [3.05, 3.63) is 58.9 Å². The molecule has 2 rings (SSSR count). The highest BCUT2D eigenvalue weighted by Crippen LogP contribution is 2.27. The Bertz CT molecular complexity index is 732. The molecule has 112 valence electrons. The fourth-order valence-electron chi connectivity index (χ4n) is 2.04. The Morgan fingerprint density at radius 1 is 1.10 bits per heavy atom. The summed E-state index contributed by atoms with van der Waals surface area (Å²) in [6.07, 6.45) is 0. The fourth-order valence-corrected chi connectivity index (χ4v) is 2.72. The average molecular weight is 309 g/mol. The number of rotatable bonds is 4. The smallest absolute Gasteiger partial charge is 0.238 e. The van der Waals surface area contributed by atoms with Crippen LogP contribution in [0.25, 0.3) is 0 Å². The molecule has 0 radical (unpaired) electrons. The summed E-state index contributed by atoms with van der Waals surface area (Å²) in [5, 5.41) is 5.12. The van der Waals surface area contributed by atoms with Crippen molar-refractivity contribution in [2.45, 2.75) is 25.3 Å². The second-order valence-electron chi connectivity index (χ2n) is 4.85. The van der Waals surface area contributed by atoms with E-state index in [1.165, 1.54) is 24.3 Å². The highest BCUT2D eigenvalue weighted by Gasteiger charge is 2.13. The summed E-state index contributed by atoms with van der Waals surface area (Å²) in [6.45, 7) is 3.78. The zero-order chi connectivity index (χ0) is 15.6. The fraction of sp³-hybridized carbons (Fsp3) is 0.200. The van der Waals surface area contributed by atoms with Crippen molar-refractivity contribution >= 4 is 10.0 Å². The average Bonchev–Trinajstić information content (AvgIpc) is 2.38. The molecular formula is C15H16FNO3S. The van der Waals surface area contributed by atoms with Crippen molar-refractivity contribution in [2.75, 3.05) is 0 Å². The Morgan fingerprint density at radius 2 is 1.62 bits per heavy atom. The van der Waals surface area contributed by atoms with Crippen LogP contribution in [0, 0.1) is 19.7 Å². The predicted molar refractivity (Wildman–Crippen MR) is 78.0 cm³/mol. The quantitative estimate of drug-likeness (QED) is 0.944. The molecule has 0 spiro atoms.